The highest BCUT2D eigenvalue weighted by atomic mass is 16.2. The van der Waals surface area contributed by atoms with Gasteiger partial charge in [-0.3, -0.25) is 19.7 Å². The van der Waals surface area contributed by atoms with Gasteiger partial charge < -0.3 is 4.90 Å². The topological polar surface area (TPSA) is 66.5 Å². The van der Waals surface area contributed by atoms with Gasteiger partial charge in [0.05, 0.1) is 0 Å². The summed E-state index contributed by atoms with van der Waals surface area (Å²) in [6, 6.07) is -0.469. The Bertz CT molecular complexity index is 407. The van der Waals surface area contributed by atoms with Crippen LogP contribution in [0.4, 0.5) is 0 Å². The fraction of sp³-hybridized carbons (Fsp3) is 0.706. The number of hydrogen-bond acceptors (Lipinski definition) is 3. The fourth-order valence-corrected chi connectivity index (χ4v) is 2.71. The lowest BCUT2D eigenvalue weighted by Crippen LogP contribution is -2.47. The number of nitrogens with one attached hydrogen (secondary N) is 1. The van der Waals surface area contributed by atoms with E-state index in [-0.39, 0.29) is 24.1 Å². The first-order chi connectivity index (χ1) is 10.6. The van der Waals surface area contributed by atoms with Gasteiger partial charge in [0.2, 0.25) is 17.7 Å². The third-order valence-corrected chi connectivity index (χ3v) is 4.01. The molecule has 0 aromatic rings. The minimum Gasteiger partial charge on any atom is -0.331 e. The molecule has 1 heterocycles. The van der Waals surface area contributed by atoms with Gasteiger partial charge in [-0.25, -0.2) is 0 Å². The first-order valence-corrected chi connectivity index (χ1v) is 8.34. The molecule has 1 rings (SSSR count). The van der Waals surface area contributed by atoms with Crippen LogP contribution in [-0.4, -0.2) is 35.2 Å². The van der Waals surface area contributed by atoms with Gasteiger partial charge in [0.15, 0.2) is 0 Å². The quantitative estimate of drug-likeness (QED) is 0.526. The normalized spacial score (nSPS) is 17.3. The van der Waals surface area contributed by atoms with E-state index >= 15 is 0 Å². The molecule has 5 nitrogen and oxygen atoms in total. The molecule has 0 spiro atoms. The van der Waals surface area contributed by atoms with Crippen molar-refractivity contribution in [3.63, 3.8) is 0 Å². The zero-order chi connectivity index (χ0) is 16.4. The van der Waals surface area contributed by atoms with Crippen molar-refractivity contribution in [3.05, 3.63) is 12.7 Å². The van der Waals surface area contributed by atoms with Gasteiger partial charge in [0, 0.05) is 19.4 Å². The van der Waals surface area contributed by atoms with E-state index in [2.05, 4.69) is 11.9 Å². The van der Waals surface area contributed by atoms with E-state index in [0.717, 1.165) is 38.5 Å². The van der Waals surface area contributed by atoms with Crippen LogP contribution in [-0.2, 0) is 14.4 Å². The number of allylic oxidation sites excluding steroid dienone is 1. The molecule has 0 aromatic carbocycles. The largest absolute Gasteiger partial charge is 0.331 e. The summed E-state index contributed by atoms with van der Waals surface area (Å²) in [6.07, 6.45) is 9.27. The van der Waals surface area contributed by atoms with Crippen LogP contribution in [0.1, 0.15) is 64.7 Å². The molecule has 22 heavy (non-hydrogen) atoms. The van der Waals surface area contributed by atoms with Gasteiger partial charge in [0.1, 0.15) is 6.04 Å². The molecular weight excluding hydrogens is 280 g/mol. The van der Waals surface area contributed by atoms with Crippen molar-refractivity contribution in [1.82, 2.24) is 10.2 Å². The number of nitrogens with zero attached hydrogens (tertiary/aromatic N) is 1. The molecular formula is C17H28N2O3. The SMILES string of the molecule is C=CCCCCCCC(=O)N1CCCC1C(=O)NC(=O)CC. The highest BCUT2D eigenvalue weighted by Gasteiger charge is 2.34. The summed E-state index contributed by atoms with van der Waals surface area (Å²) in [7, 11) is 0. The molecule has 1 N–H and O–H groups in total. The minimum atomic E-state index is -0.469. The summed E-state index contributed by atoms with van der Waals surface area (Å²) in [6.45, 7) is 6.01. The third kappa shape index (κ3) is 6.00. The molecule has 124 valence electrons. The molecule has 0 radical (unpaired) electrons. The molecule has 1 aliphatic rings. The lowest BCUT2D eigenvalue weighted by molar-refractivity contribution is -0.140. The lowest BCUT2D eigenvalue weighted by Gasteiger charge is -2.23. The van der Waals surface area contributed by atoms with E-state index in [1.165, 1.54) is 0 Å². The molecule has 0 aliphatic carbocycles. The highest BCUT2D eigenvalue weighted by molar-refractivity contribution is 5.99. The van der Waals surface area contributed by atoms with Gasteiger partial charge in [-0.2, -0.15) is 0 Å². The number of carbonyl (C=O) groups is 3. The Kier molecular flexibility index (Phi) is 8.48. The van der Waals surface area contributed by atoms with E-state index < -0.39 is 6.04 Å². The van der Waals surface area contributed by atoms with E-state index in [1.54, 1.807) is 11.8 Å². The molecule has 1 fully saturated rings. The second-order valence-electron chi connectivity index (χ2n) is 5.75. The number of amides is 3. The summed E-state index contributed by atoms with van der Waals surface area (Å²) >= 11 is 0. The van der Waals surface area contributed by atoms with Crippen molar-refractivity contribution >= 4 is 17.7 Å². The maximum atomic E-state index is 12.2. The Hall–Kier alpha value is -1.65. The van der Waals surface area contributed by atoms with Crippen LogP contribution in [0.3, 0.4) is 0 Å². The van der Waals surface area contributed by atoms with Crippen LogP contribution in [0.25, 0.3) is 0 Å². The zero-order valence-electron chi connectivity index (χ0n) is 13.6. The van der Waals surface area contributed by atoms with E-state index in [4.69, 9.17) is 0 Å². The van der Waals surface area contributed by atoms with Crippen LogP contribution >= 0.6 is 0 Å². The molecule has 1 saturated heterocycles. The first kappa shape index (κ1) is 18.4. The number of imide groups is 1. The Balaban J connectivity index is 2.35. The highest BCUT2D eigenvalue weighted by Crippen LogP contribution is 2.19. The second kappa shape index (κ2) is 10.1. The molecule has 1 aliphatic heterocycles. The molecule has 5 heteroatoms. The fourth-order valence-electron chi connectivity index (χ4n) is 2.71. The monoisotopic (exact) mass is 308 g/mol. The molecule has 0 saturated carbocycles. The summed E-state index contributed by atoms with van der Waals surface area (Å²) < 4.78 is 0. The number of rotatable bonds is 9. The van der Waals surface area contributed by atoms with Gasteiger partial charge in [-0.15, -0.1) is 6.58 Å². The Morgan fingerprint density at radius 2 is 1.95 bits per heavy atom. The van der Waals surface area contributed by atoms with Gasteiger partial charge in [0.25, 0.3) is 0 Å². The smallest absolute Gasteiger partial charge is 0.249 e. The predicted octanol–water partition coefficient (Wildman–Crippen LogP) is 2.56. The van der Waals surface area contributed by atoms with E-state index in [0.29, 0.717) is 19.4 Å². The predicted molar refractivity (Wildman–Crippen MR) is 86.1 cm³/mol. The van der Waals surface area contributed by atoms with Gasteiger partial charge >= 0.3 is 0 Å². The van der Waals surface area contributed by atoms with Crippen molar-refractivity contribution in [1.29, 1.82) is 0 Å². The summed E-state index contributed by atoms with van der Waals surface area (Å²) in [5, 5.41) is 2.37. The molecule has 1 unspecified atom stereocenters. The maximum Gasteiger partial charge on any atom is 0.249 e. The zero-order valence-corrected chi connectivity index (χ0v) is 13.6. The van der Waals surface area contributed by atoms with Crippen LogP contribution in [0, 0.1) is 0 Å². The number of unbranched alkanes of at least 4 members (excludes halogenated alkanes) is 4. The molecule has 1 atom stereocenters. The standard InChI is InChI=1S/C17H28N2O3/c1-3-5-6-7-8-9-12-16(21)19-13-10-11-14(19)17(22)18-15(20)4-2/h3,14H,1,4-13H2,2H3,(H,18,20,22). The van der Waals surface area contributed by atoms with Gasteiger partial charge in [-0.1, -0.05) is 25.8 Å². The molecule has 0 bridgehead atoms. The van der Waals surface area contributed by atoms with E-state index in [1.807, 2.05) is 6.08 Å². The lowest BCUT2D eigenvalue weighted by atomic mass is 10.1. The van der Waals surface area contributed by atoms with Crippen molar-refractivity contribution in [2.75, 3.05) is 6.54 Å². The average Bonchev–Trinajstić information content (AvgIpc) is 3.00. The number of hydrogen-bond donors (Lipinski definition) is 1. The van der Waals surface area contributed by atoms with Crippen molar-refractivity contribution < 1.29 is 14.4 Å². The minimum absolute atomic E-state index is 0.0327. The molecule has 3 amide bonds. The first-order valence-electron chi connectivity index (χ1n) is 8.34. The van der Waals surface area contributed by atoms with Crippen LogP contribution in [0.15, 0.2) is 12.7 Å². The summed E-state index contributed by atoms with van der Waals surface area (Å²) in [5.74, 6) is -0.583. The van der Waals surface area contributed by atoms with Crippen molar-refractivity contribution in [3.8, 4) is 0 Å². The van der Waals surface area contributed by atoms with Crippen LogP contribution < -0.4 is 5.32 Å². The second-order valence-corrected chi connectivity index (χ2v) is 5.75. The summed E-state index contributed by atoms with van der Waals surface area (Å²) in [5.41, 5.74) is 0. The average molecular weight is 308 g/mol. The van der Waals surface area contributed by atoms with E-state index in [9.17, 15) is 14.4 Å². The van der Waals surface area contributed by atoms with Crippen molar-refractivity contribution in [2.24, 2.45) is 0 Å². The Morgan fingerprint density at radius 3 is 2.64 bits per heavy atom. The number of carbonyl (C=O) groups excluding carboxylic acids is 3. The van der Waals surface area contributed by atoms with Crippen LogP contribution in [0.2, 0.25) is 0 Å². The number of likely N-dealkylation sites (tertiary alicyclic amines) is 1. The summed E-state index contributed by atoms with van der Waals surface area (Å²) in [4.78, 5) is 37.2. The Morgan fingerprint density at radius 1 is 1.23 bits per heavy atom. The van der Waals surface area contributed by atoms with Crippen LogP contribution in [0.5, 0.6) is 0 Å². The molecule has 0 aromatic heterocycles. The van der Waals surface area contributed by atoms with Crippen molar-refractivity contribution in [2.45, 2.75) is 70.8 Å². The third-order valence-electron chi connectivity index (χ3n) is 4.01. The Labute approximate surface area is 133 Å². The maximum absolute atomic E-state index is 12.2. The van der Waals surface area contributed by atoms with Gasteiger partial charge in [-0.05, 0) is 32.1 Å².